The fourth-order valence-corrected chi connectivity index (χ4v) is 2.79. The summed E-state index contributed by atoms with van der Waals surface area (Å²) in [5, 5.41) is 11.9. The molecule has 0 bridgehead atoms. The van der Waals surface area contributed by atoms with Gasteiger partial charge in [0.1, 0.15) is 0 Å². The van der Waals surface area contributed by atoms with Gasteiger partial charge in [-0.3, -0.25) is 9.20 Å². The van der Waals surface area contributed by atoms with E-state index in [4.69, 9.17) is 0 Å². The number of carbonyl (C=O) groups excluding carboxylic acids is 1. The minimum Gasteiger partial charge on any atom is -0.353 e. The van der Waals surface area contributed by atoms with Crippen molar-refractivity contribution >= 4 is 23.3 Å². The van der Waals surface area contributed by atoms with Crippen molar-refractivity contribution in [3.05, 3.63) is 24.4 Å². The number of carbonyl (C=O) groups is 1. The van der Waals surface area contributed by atoms with Gasteiger partial charge in [0.05, 0.1) is 5.75 Å². The fraction of sp³-hybridized carbons (Fsp3) is 0.462. The molecule has 6 heteroatoms. The van der Waals surface area contributed by atoms with E-state index >= 15 is 0 Å². The van der Waals surface area contributed by atoms with Crippen LogP contribution < -0.4 is 5.32 Å². The molecule has 2 aromatic heterocycles. The third-order valence-corrected chi connectivity index (χ3v) is 4.28. The lowest BCUT2D eigenvalue weighted by Gasteiger charge is -2.11. The summed E-state index contributed by atoms with van der Waals surface area (Å²) in [4.78, 5) is 11.8. The number of nitrogens with one attached hydrogen (secondary N) is 1. The van der Waals surface area contributed by atoms with E-state index in [1.807, 2.05) is 28.8 Å². The van der Waals surface area contributed by atoms with E-state index in [0.717, 1.165) is 10.8 Å². The first kappa shape index (κ1) is 12.5. The lowest BCUT2D eigenvalue weighted by Crippen LogP contribution is -2.35. The second kappa shape index (κ2) is 5.21. The maximum atomic E-state index is 11.8. The van der Waals surface area contributed by atoms with Gasteiger partial charge in [-0.2, -0.15) is 0 Å². The minimum atomic E-state index is 0.0667. The highest BCUT2D eigenvalue weighted by Crippen LogP contribution is 2.32. The van der Waals surface area contributed by atoms with E-state index in [2.05, 4.69) is 22.4 Å². The van der Waals surface area contributed by atoms with Gasteiger partial charge in [-0.15, -0.1) is 10.2 Å². The minimum absolute atomic E-state index is 0.0667. The molecule has 1 aliphatic rings. The molecule has 0 unspecified atom stereocenters. The lowest BCUT2D eigenvalue weighted by molar-refractivity contribution is -0.119. The molecule has 5 nitrogen and oxygen atoms in total. The Hall–Kier alpha value is -1.56. The Kier molecular flexibility index (Phi) is 3.42. The van der Waals surface area contributed by atoms with E-state index in [0.29, 0.717) is 17.7 Å². The van der Waals surface area contributed by atoms with Gasteiger partial charge in [-0.25, -0.2) is 0 Å². The summed E-state index contributed by atoms with van der Waals surface area (Å²) >= 11 is 1.42. The van der Waals surface area contributed by atoms with Crippen molar-refractivity contribution in [3.63, 3.8) is 0 Å². The largest absolute Gasteiger partial charge is 0.353 e. The van der Waals surface area contributed by atoms with Crippen LogP contribution in [0.1, 0.15) is 19.8 Å². The first-order chi connectivity index (χ1) is 9.24. The molecule has 1 N–H and O–H groups in total. The molecule has 0 radical (unpaired) electrons. The molecule has 1 amide bonds. The Balaban J connectivity index is 1.58. The zero-order valence-corrected chi connectivity index (χ0v) is 11.6. The van der Waals surface area contributed by atoms with Crippen LogP contribution in [0.25, 0.3) is 5.65 Å². The second-order valence-electron chi connectivity index (χ2n) is 4.89. The second-order valence-corrected chi connectivity index (χ2v) is 5.84. The molecular weight excluding hydrogens is 260 g/mol. The average Bonchev–Trinajstić information content (AvgIpc) is 3.18. The van der Waals surface area contributed by atoms with Gasteiger partial charge in [0, 0.05) is 12.2 Å². The monoisotopic (exact) mass is 276 g/mol. The predicted octanol–water partition coefficient (Wildman–Crippen LogP) is 1.74. The number of pyridine rings is 1. The summed E-state index contributed by atoms with van der Waals surface area (Å²) in [5.41, 5.74) is 0.803. The van der Waals surface area contributed by atoms with Crippen molar-refractivity contribution in [1.29, 1.82) is 0 Å². The maximum Gasteiger partial charge on any atom is 0.230 e. The van der Waals surface area contributed by atoms with Crippen molar-refractivity contribution in [1.82, 2.24) is 19.9 Å². The molecular formula is C13H16N4OS. The predicted molar refractivity (Wildman–Crippen MR) is 74.0 cm³/mol. The standard InChI is InChI=1S/C13H16N4OS/c1-9(10-5-6-10)14-12(18)8-19-13-16-15-11-4-2-3-7-17(11)13/h2-4,7,9-10H,5-6,8H2,1H3,(H,14,18)/t9-/m1/s1. The molecule has 0 aromatic carbocycles. The van der Waals surface area contributed by atoms with Crippen molar-refractivity contribution in [2.75, 3.05) is 5.75 Å². The summed E-state index contributed by atoms with van der Waals surface area (Å²) in [6.45, 7) is 2.08. The van der Waals surface area contributed by atoms with Gasteiger partial charge in [0.2, 0.25) is 5.91 Å². The van der Waals surface area contributed by atoms with Crippen molar-refractivity contribution < 1.29 is 4.79 Å². The summed E-state index contributed by atoms with van der Waals surface area (Å²) in [5.74, 6) is 1.13. The normalized spacial score (nSPS) is 16.5. The van der Waals surface area contributed by atoms with Crippen LogP contribution in [0.4, 0.5) is 0 Å². The van der Waals surface area contributed by atoms with Gasteiger partial charge in [0.15, 0.2) is 10.8 Å². The first-order valence-corrected chi connectivity index (χ1v) is 7.44. The molecule has 2 heterocycles. The zero-order valence-electron chi connectivity index (χ0n) is 10.7. The SMILES string of the molecule is C[C@@H](NC(=O)CSc1nnc2ccccn12)C1CC1. The summed E-state index contributed by atoms with van der Waals surface area (Å²) in [6.07, 6.45) is 4.38. The van der Waals surface area contributed by atoms with E-state index in [1.165, 1.54) is 24.6 Å². The molecule has 1 fully saturated rings. The molecule has 0 aliphatic heterocycles. The number of fused-ring (bicyclic) bond motifs is 1. The highest BCUT2D eigenvalue weighted by Gasteiger charge is 2.28. The molecule has 1 atom stereocenters. The van der Waals surface area contributed by atoms with Gasteiger partial charge < -0.3 is 5.32 Å². The van der Waals surface area contributed by atoms with Gasteiger partial charge >= 0.3 is 0 Å². The van der Waals surface area contributed by atoms with E-state index in [1.54, 1.807) is 0 Å². The van der Waals surface area contributed by atoms with Crippen LogP contribution in [0.3, 0.4) is 0 Å². The molecule has 100 valence electrons. The third kappa shape index (κ3) is 2.89. The molecule has 0 saturated heterocycles. The Morgan fingerprint density at radius 2 is 2.37 bits per heavy atom. The third-order valence-electron chi connectivity index (χ3n) is 3.33. The van der Waals surface area contributed by atoms with E-state index in [-0.39, 0.29) is 5.91 Å². The smallest absolute Gasteiger partial charge is 0.230 e. The van der Waals surface area contributed by atoms with Crippen molar-refractivity contribution in [2.45, 2.75) is 31.0 Å². The van der Waals surface area contributed by atoms with Gasteiger partial charge in [0.25, 0.3) is 0 Å². The number of thioether (sulfide) groups is 1. The highest BCUT2D eigenvalue weighted by molar-refractivity contribution is 7.99. The first-order valence-electron chi connectivity index (χ1n) is 6.46. The van der Waals surface area contributed by atoms with Crippen LogP contribution >= 0.6 is 11.8 Å². The van der Waals surface area contributed by atoms with Crippen LogP contribution in [0.5, 0.6) is 0 Å². The van der Waals surface area contributed by atoms with Crippen LogP contribution in [0.15, 0.2) is 29.6 Å². The Labute approximate surface area is 115 Å². The molecule has 1 saturated carbocycles. The number of hydrogen-bond acceptors (Lipinski definition) is 4. The molecule has 1 aliphatic carbocycles. The molecule has 0 spiro atoms. The van der Waals surface area contributed by atoms with Crippen LogP contribution in [0.2, 0.25) is 0 Å². The Bertz CT molecular complexity index is 593. The Morgan fingerprint density at radius 3 is 3.16 bits per heavy atom. The van der Waals surface area contributed by atoms with Gasteiger partial charge in [-0.1, -0.05) is 17.8 Å². The summed E-state index contributed by atoms with van der Waals surface area (Å²) in [6, 6.07) is 6.04. The molecule has 3 rings (SSSR count). The lowest BCUT2D eigenvalue weighted by atomic mass is 10.2. The number of hydrogen-bond donors (Lipinski definition) is 1. The molecule has 2 aromatic rings. The number of amides is 1. The quantitative estimate of drug-likeness (QED) is 0.845. The Morgan fingerprint density at radius 1 is 1.53 bits per heavy atom. The summed E-state index contributed by atoms with van der Waals surface area (Å²) in [7, 11) is 0. The number of aromatic nitrogens is 3. The number of nitrogens with zero attached hydrogens (tertiary/aromatic N) is 3. The van der Waals surface area contributed by atoms with Crippen molar-refractivity contribution in [3.8, 4) is 0 Å². The van der Waals surface area contributed by atoms with Crippen LogP contribution in [0, 0.1) is 5.92 Å². The molecule has 19 heavy (non-hydrogen) atoms. The zero-order chi connectivity index (χ0) is 13.2. The van der Waals surface area contributed by atoms with E-state index < -0.39 is 0 Å². The average molecular weight is 276 g/mol. The highest BCUT2D eigenvalue weighted by atomic mass is 32.2. The van der Waals surface area contributed by atoms with Crippen LogP contribution in [-0.4, -0.2) is 32.3 Å². The van der Waals surface area contributed by atoms with Crippen LogP contribution in [-0.2, 0) is 4.79 Å². The van der Waals surface area contributed by atoms with Crippen molar-refractivity contribution in [2.24, 2.45) is 5.92 Å². The van der Waals surface area contributed by atoms with Gasteiger partial charge in [-0.05, 0) is 37.8 Å². The topological polar surface area (TPSA) is 59.3 Å². The fourth-order valence-electron chi connectivity index (χ4n) is 2.06. The summed E-state index contributed by atoms with van der Waals surface area (Å²) < 4.78 is 1.89. The number of rotatable bonds is 5. The maximum absolute atomic E-state index is 11.8. The van der Waals surface area contributed by atoms with E-state index in [9.17, 15) is 4.79 Å².